The normalized spacial score (nSPS) is 18.1. The number of phenols is 1. The van der Waals surface area contributed by atoms with Crippen LogP contribution in [0.25, 0.3) is 11.1 Å². The van der Waals surface area contributed by atoms with Crippen LogP contribution in [0.4, 0.5) is 0 Å². The first-order valence-electron chi connectivity index (χ1n) is 8.62. The maximum Gasteiger partial charge on any atom is 0.168 e. The predicted molar refractivity (Wildman–Crippen MR) is 104 cm³/mol. The van der Waals surface area contributed by atoms with Gasteiger partial charge in [0.1, 0.15) is 5.52 Å². The van der Waals surface area contributed by atoms with E-state index in [1.807, 2.05) is 18.2 Å². The molecule has 2 aromatic rings. The van der Waals surface area contributed by atoms with E-state index in [1.165, 1.54) is 16.7 Å². The molecule has 0 aromatic heterocycles. The highest BCUT2D eigenvalue weighted by Crippen LogP contribution is 2.53. The molecule has 1 atom stereocenters. The fourth-order valence-corrected chi connectivity index (χ4v) is 4.50. The highest BCUT2D eigenvalue weighted by molar-refractivity contribution is 9.09. The van der Waals surface area contributed by atoms with E-state index in [2.05, 4.69) is 27.9 Å². The number of phenolic OH excluding ortho intramolecular Hbond substituents is 1. The van der Waals surface area contributed by atoms with Crippen molar-refractivity contribution in [1.29, 1.82) is 0 Å². The van der Waals surface area contributed by atoms with Gasteiger partial charge in [0.15, 0.2) is 23.0 Å². The van der Waals surface area contributed by atoms with Crippen molar-refractivity contribution in [2.45, 2.75) is 18.9 Å². The predicted octanol–water partition coefficient (Wildman–Crippen LogP) is 3.89. The zero-order chi connectivity index (χ0) is 18.4. The third-order valence-corrected chi connectivity index (χ3v) is 5.70. The molecule has 4 rings (SSSR count). The summed E-state index contributed by atoms with van der Waals surface area (Å²) in [5, 5.41) is 10.5. The van der Waals surface area contributed by atoms with Gasteiger partial charge in [0.05, 0.1) is 14.2 Å². The molecule has 0 radical (unpaired) electrons. The van der Waals surface area contributed by atoms with Crippen LogP contribution in [0.3, 0.4) is 0 Å². The van der Waals surface area contributed by atoms with Crippen LogP contribution in [0.15, 0.2) is 18.2 Å². The minimum atomic E-state index is 0.192. The van der Waals surface area contributed by atoms with Crippen LogP contribution in [0, 0.1) is 0 Å². The van der Waals surface area contributed by atoms with Crippen LogP contribution in [0.5, 0.6) is 23.0 Å². The van der Waals surface area contributed by atoms with Gasteiger partial charge in [-0.25, -0.2) is 0 Å². The number of nitrogens with zero attached hydrogens (tertiary/aromatic N) is 1. The lowest BCUT2D eigenvalue weighted by molar-refractivity contribution is 0.226. The monoisotopic (exact) mass is 419 g/mol. The van der Waals surface area contributed by atoms with Crippen LogP contribution in [0.2, 0.25) is 0 Å². The minimum absolute atomic E-state index is 0.192. The molecule has 0 spiro atoms. The summed E-state index contributed by atoms with van der Waals surface area (Å²) < 4.78 is 16.8. The van der Waals surface area contributed by atoms with Gasteiger partial charge in [-0.15, -0.1) is 0 Å². The average molecular weight is 420 g/mol. The van der Waals surface area contributed by atoms with Gasteiger partial charge < -0.3 is 19.3 Å². The number of hydrogen-bond donors (Lipinski definition) is 1. The summed E-state index contributed by atoms with van der Waals surface area (Å²) in [6, 6.07) is 6.17. The van der Waals surface area contributed by atoms with E-state index in [-0.39, 0.29) is 11.8 Å². The number of rotatable bonds is 4. The number of ether oxygens (including phenoxy) is 3. The van der Waals surface area contributed by atoms with E-state index in [4.69, 9.17) is 14.2 Å². The van der Waals surface area contributed by atoms with Crippen LogP contribution in [-0.2, 0) is 12.8 Å². The quantitative estimate of drug-likeness (QED) is 0.761. The second kappa shape index (κ2) is 6.67. The van der Waals surface area contributed by atoms with Gasteiger partial charge in [-0.1, -0.05) is 0 Å². The molecule has 0 fully saturated rings. The van der Waals surface area contributed by atoms with E-state index in [0.717, 1.165) is 30.5 Å². The zero-order valence-corrected chi connectivity index (χ0v) is 16.7. The fourth-order valence-electron chi connectivity index (χ4n) is 4.25. The van der Waals surface area contributed by atoms with Crippen LogP contribution >= 0.6 is 15.9 Å². The zero-order valence-electron chi connectivity index (χ0n) is 15.1. The first kappa shape index (κ1) is 17.5. The summed E-state index contributed by atoms with van der Waals surface area (Å²) >= 11 is 3.32. The molecule has 2 aliphatic rings. The smallest absolute Gasteiger partial charge is 0.168 e. The van der Waals surface area contributed by atoms with Crippen LogP contribution < -0.4 is 14.2 Å². The largest absolute Gasteiger partial charge is 0.504 e. The maximum atomic E-state index is 10.5. The Morgan fingerprint density at radius 1 is 1.15 bits per heavy atom. The molecule has 0 saturated carbocycles. The number of benzene rings is 2. The number of alkyl halides is 1. The van der Waals surface area contributed by atoms with Gasteiger partial charge in [0.25, 0.3) is 0 Å². The van der Waals surface area contributed by atoms with E-state index in [1.54, 1.807) is 14.2 Å². The summed E-state index contributed by atoms with van der Waals surface area (Å²) in [5.41, 5.74) is 6.05. The molecule has 138 valence electrons. The van der Waals surface area contributed by atoms with E-state index < -0.39 is 0 Å². The highest BCUT2D eigenvalue weighted by atomic mass is 79.9. The number of hydrogen-bond acceptors (Lipinski definition) is 5. The summed E-state index contributed by atoms with van der Waals surface area (Å²) in [4.78, 5) is 2.38. The fraction of sp³-hybridized carbons (Fsp3) is 0.400. The van der Waals surface area contributed by atoms with Crippen molar-refractivity contribution in [3.63, 3.8) is 0 Å². The molecule has 1 unspecified atom stereocenters. The molecule has 1 aliphatic heterocycles. The lowest BCUT2D eigenvalue weighted by Gasteiger charge is -2.40. The first-order chi connectivity index (χ1) is 12.6. The molecule has 1 heterocycles. The van der Waals surface area contributed by atoms with Gasteiger partial charge in [-0.05, 0) is 76.3 Å². The molecule has 1 aliphatic carbocycles. The van der Waals surface area contributed by atoms with Crippen LogP contribution in [0.1, 0.15) is 22.7 Å². The van der Waals surface area contributed by atoms with Crippen molar-refractivity contribution in [3.8, 4) is 34.1 Å². The summed E-state index contributed by atoms with van der Waals surface area (Å²) in [7, 11) is 5.39. The number of halogens is 1. The molecule has 6 heteroatoms. The third-order valence-electron chi connectivity index (χ3n) is 5.47. The Balaban J connectivity index is 2.02. The Bertz CT molecular complexity index is 868. The van der Waals surface area contributed by atoms with Crippen molar-refractivity contribution in [2.75, 3.05) is 33.3 Å². The van der Waals surface area contributed by atoms with Crippen molar-refractivity contribution < 1.29 is 19.3 Å². The standard InChI is InChI=1S/C20H22BrNO4/c1-22-5-4-11-7-15(23)20(25-3)19-13-9-16(24-2)17(26-10-21)8-12(13)6-14(22)18(11)19/h7-9,14,23H,4-6,10H2,1-3H3. The molecular formula is C20H22BrNO4. The first-order valence-corrected chi connectivity index (χ1v) is 9.74. The molecular weight excluding hydrogens is 398 g/mol. The summed E-state index contributed by atoms with van der Waals surface area (Å²) in [6.45, 7) is 0.971. The van der Waals surface area contributed by atoms with E-state index in [0.29, 0.717) is 22.8 Å². The number of methoxy groups -OCH3 is 2. The van der Waals surface area contributed by atoms with Crippen molar-refractivity contribution in [3.05, 3.63) is 34.9 Å². The summed E-state index contributed by atoms with van der Waals surface area (Å²) in [6.07, 6.45) is 1.81. The second-order valence-electron chi connectivity index (χ2n) is 6.74. The number of aromatic hydroxyl groups is 1. The van der Waals surface area contributed by atoms with E-state index >= 15 is 0 Å². The van der Waals surface area contributed by atoms with Gasteiger partial charge in [-0.2, -0.15) is 0 Å². The van der Waals surface area contributed by atoms with Crippen molar-refractivity contribution in [1.82, 2.24) is 4.90 Å². The topological polar surface area (TPSA) is 51.2 Å². The Hall–Kier alpha value is -1.92. The Kier molecular flexibility index (Phi) is 4.49. The Morgan fingerprint density at radius 3 is 2.65 bits per heavy atom. The van der Waals surface area contributed by atoms with Gasteiger partial charge in [0, 0.05) is 18.2 Å². The average Bonchev–Trinajstić information content (AvgIpc) is 2.64. The minimum Gasteiger partial charge on any atom is -0.504 e. The highest BCUT2D eigenvalue weighted by Gasteiger charge is 2.36. The summed E-state index contributed by atoms with van der Waals surface area (Å²) in [5.74, 6) is 2.10. The van der Waals surface area contributed by atoms with Crippen molar-refractivity contribution >= 4 is 15.9 Å². The second-order valence-corrected chi connectivity index (χ2v) is 7.20. The molecule has 0 bridgehead atoms. The lowest BCUT2D eigenvalue weighted by Crippen LogP contribution is -2.35. The van der Waals surface area contributed by atoms with Gasteiger partial charge >= 0.3 is 0 Å². The number of likely N-dealkylation sites (N-methyl/N-ethyl adjacent to an activating group) is 1. The molecule has 2 aromatic carbocycles. The lowest BCUT2D eigenvalue weighted by atomic mass is 9.76. The Morgan fingerprint density at radius 2 is 1.96 bits per heavy atom. The third kappa shape index (κ3) is 2.55. The molecule has 5 nitrogen and oxygen atoms in total. The van der Waals surface area contributed by atoms with Crippen LogP contribution in [-0.4, -0.2) is 43.3 Å². The van der Waals surface area contributed by atoms with Gasteiger partial charge in [0.2, 0.25) is 0 Å². The molecule has 0 saturated heterocycles. The molecule has 0 amide bonds. The van der Waals surface area contributed by atoms with Gasteiger partial charge in [-0.3, -0.25) is 4.90 Å². The maximum absolute atomic E-state index is 10.5. The Labute approximate surface area is 161 Å². The van der Waals surface area contributed by atoms with E-state index in [9.17, 15) is 5.11 Å². The molecule has 1 N–H and O–H groups in total. The number of fused-ring (bicyclic) bond motifs is 2. The molecule has 26 heavy (non-hydrogen) atoms. The SMILES string of the molecule is COc1cc2c(cc1OCBr)CC1c3c(cc(O)c(OC)c3-2)CCN1C. The van der Waals surface area contributed by atoms with Crippen molar-refractivity contribution in [2.24, 2.45) is 0 Å².